The number of amides is 2. The van der Waals surface area contributed by atoms with E-state index >= 15 is 0 Å². The number of benzene rings is 1. The standard InChI is InChI=1S/C22H20F3N9O2/c23-14-5-12(6-15(24)7-14)17-8-18(31-30-17)21(36)32-1-3-33(4-2-32)22-27-10-16(25)20(29-22)34-11-13(9-28-34)19(26)35/h5-7,9-11,17,30H,1-4,8H2,(H2,26,35)/t17-/m0/s1. The van der Waals surface area contributed by atoms with E-state index in [2.05, 4.69) is 25.6 Å². The van der Waals surface area contributed by atoms with Gasteiger partial charge in [0.1, 0.15) is 17.3 Å². The first-order chi connectivity index (χ1) is 17.3. The number of nitrogens with one attached hydrogen (secondary N) is 1. The summed E-state index contributed by atoms with van der Waals surface area (Å²) in [6.07, 6.45) is 3.69. The Kier molecular flexibility index (Phi) is 6.00. The van der Waals surface area contributed by atoms with Crippen LogP contribution in [0.2, 0.25) is 0 Å². The van der Waals surface area contributed by atoms with Crippen molar-refractivity contribution in [2.24, 2.45) is 10.8 Å². The normalized spacial score (nSPS) is 17.6. The van der Waals surface area contributed by atoms with Gasteiger partial charge in [0.05, 0.1) is 24.0 Å². The molecule has 2 amide bonds. The Bertz CT molecular complexity index is 1350. The van der Waals surface area contributed by atoms with Crippen LogP contribution in [0.1, 0.15) is 28.4 Å². The number of piperazine rings is 1. The van der Waals surface area contributed by atoms with Crippen molar-refractivity contribution in [1.82, 2.24) is 30.1 Å². The predicted octanol–water partition coefficient (Wildman–Crippen LogP) is 0.918. The maximum Gasteiger partial charge on any atom is 0.270 e. The zero-order chi connectivity index (χ0) is 25.4. The van der Waals surface area contributed by atoms with Crippen molar-refractivity contribution in [1.29, 1.82) is 0 Å². The molecule has 3 N–H and O–H groups in total. The van der Waals surface area contributed by atoms with E-state index in [9.17, 15) is 22.8 Å². The highest BCUT2D eigenvalue weighted by molar-refractivity contribution is 6.39. The van der Waals surface area contributed by atoms with Crippen LogP contribution in [0, 0.1) is 17.5 Å². The average molecular weight is 499 g/mol. The van der Waals surface area contributed by atoms with Crippen molar-refractivity contribution < 1.29 is 22.8 Å². The summed E-state index contributed by atoms with van der Waals surface area (Å²) in [7, 11) is 0. The maximum atomic E-state index is 14.3. The third-order valence-electron chi connectivity index (χ3n) is 5.93. The molecule has 0 aliphatic carbocycles. The van der Waals surface area contributed by atoms with E-state index in [4.69, 9.17) is 5.73 Å². The molecule has 2 aliphatic heterocycles. The lowest BCUT2D eigenvalue weighted by Crippen LogP contribution is -2.51. The van der Waals surface area contributed by atoms with E-state index < -0.39 is 29.4 Å². The molecule has 11 nitrogen and oxygen atoms in total. The van der Waals surface area contributed by atoms with Gasteiger partial charge < -0.3 is 21.0 Å². The molecule has 2 aliphatic rings. The van der Waals surface area contributed by atoms with Crippen molar-refractivity contribution in [2.45, 2.75) is 12.5 Å². The number of nitrogens with two attached hydrogens (primary N) is 1. The van der Waals surface area contributed by atoms with Crippen molar-refractivity contribution in [3.63, 3.8) is 0 Å². The molecule has 0 bridgehead atoms. The van der Waals surface area contributed by atoms with Gasteiger partial charge in [0.2, 0.25) is 5.95 Å². The van der Waals surface area contributed by atoms with Gasteiger partial charge in [-0.1, -0.05) is 0 Å². The Morgan fingerprint density at radius 2 is 1.75 bits per heavy atom. The second-order valence-corrected chi connectivity index (χ2v) is 8.31. The minimum Gasteiger partial charge on any atom is -0.366 e. The van der Waals surface area contributed by atoms with Crippen molar-refractivity contribution >= 4 is 23.5 Å². The number of halogens is 3. The van der Waals surface area contributed by atoms with Crippen LogP contribution in [0.3, 0.4) is 0 Å². The molecule has 4 heterocycles. The minimum absolute atomic E-state index is 0.107. The number of carbonyl (C=O) groups excluding carboxylic acids is 2. The monoisotopic (exact) mass is 499 g/mol. The Morgan fingerprint density at radius 3 is 2.42 bits per heavy atom. The molecule has 0 spiro atoms. The van der Waals surface area contributed by atoms with Crippen LogP contribution in [-0.4, -0.2) is 68.4 Å². The second kappa shape index (κ2) is 9.28. The minimum atomic E-state index is -0.730. The quantitative estimate of drug-likeness (QED) is 0.533. The zero-order valence-electron chi connectivity index (χ0n) is 18.7. The Balaban J connectivity index is 1.22. The average Bonchev–Trinajstić information content (AvgIpc) is 3.54. The van der Waals surface area contributed by atoms with Gasteiger partial charge in [-0.2, -0.15) is 15.2 Å². The van der Waals surface area contributed by atoms with Gasteiger partial charge in [0.25, 0.3) is 11.8 Å². The molecule has 1 saturated heterocycles. The topological polar surface area (TPSA) is 135 Å². The lowest BCUT2D eigenvalue weighted by molar-refractivity contribution is -0.124. The van der Waals surface area contributed by atoms with E-state index in [1.54, 1.807) is 9.80 Å². The van der Waals surface area contributed by atoms with E-state index in [0.717, 1.165) is 16.9 Å². The predicted molar refractivity (Wildman–Crippen MR) is 121 cm³/mol. The maximum absolute atomic E-state index is 14.3. The number of anilines is 1. The van der Waals surface area contributed by atoms with Crippen LogP contribution in [0.15, 0.2) is 41.9 Å². The SMILES string of the molecule is NC(=O)c1cnn(-c2nc(N3CCN(C(=O)C4=NN[C@H](c5cc(F)cc(F)c5)C4)CC3)ncc2F)c1. The van der Waals surface area contributed by atoms with Gasteiger partial charge in [-0.25, -0.2) is 22.8 Å². The summed E-state index contributed by atoms with van der Waals surface area (Å²) < 4.78 is 42.5. The fourth-order valence-electron chi connectivity index (χ4n) is 4.06. The van der Waals surface area contributed by atoms with E-state index in [1.165, 1.54) is 24.5 Å². The van der Waals surface area contributed by atoms with Crippen LogP contribution in [0.5, 0.6) is 0 Å². The summed E-state index contributed by atoms with van der Waals surface area (Å²) in [5.74, 6) is -3.01. The smallest absolute Gasteiger partial charge is 0.270 e. The van der Waals surface area contributed by atoms with Crippen LogP contribution in [0.4, 0.5) is 19.1 Å². The third kappa shape index (κ3) is 4.56. The molecule has 2 aromatic heterocycles. The second-order valence-electron chi connectivity index (χ2n) is 8.31. The molecule has 1 aromatic carbocycles. The van der Waals surface area contributed by atoms with Gasteiger partial charge in [0, 0.05) is 44.9 Å². The summed E-state index contributed by atoms with van der Waals surface area (Å²) in [5.41, 5.74) is 8.73. The first-order valence-electron chi connectivity index (χ1n) is 11.0. The first-order valence-corrected chi connectivity index (χ1v) is 11.0. The van der Waals surface area contributed by atoms with Crippen LogP contribution < -0.4 is 16.1 Å². The molecule has 1 fully saturated rings. The fraction of sp³-hybridized carbons (Fsp3) is 0.273. The fourth-order valence-corrected chi connectivity index (χ4v) is 4.06. The summed E-state index contributed by atoms with van der Waals surface area (Å²) in [6.45, 7) is 1.42. The largest absolute Gasteiger partial charge is 0.366 e. The summed E-state index contributed by atoms with van der Waals surface area (Å²) >= 11 is 0. The third-order valence-corrected chi connectivity index (χ3v) is 5.93. The molecular formula is C22H20F3N9O2. The van der Waals surface area contributed by atoms with E-state index in [0.29, 0.717) is 31.7 Å². The summed E-state index contributed by atoms with van der Waals surface area (Å²) in [5, 5.41) is 8.01. The van der Waals surface area contributed by atoms with Crippen LogP contribution in [-0.2, 0) is 4.79 Å². The number of primary amides is 1. The molecule has 3 aromatic rings. The molecule has 1 atom stereocenters. The Morgan fingerprint density at radius 1 is 1.03 bits per heavy atom. The van der Waals surface area contributed by atoms with Crippen molar-refractivity contribution in [2.75, 3.05) is 31.1 Å². The van der Waals surface area contributed by atoms with E-state index in [-0.39, 0.29) is 35.4 Å². The highest BCUT2D eigenvalue weighted by atomic mass is 19.1. The van der Waals surface area contributed by atoms with Gasteiger partial charge in [-0.05, 0) is 17.7 Å². The number of nitrogens with zero attached hydrogens (tertiary/aromatic N) is 7. The van der Waals surface area contributed by atoms with Crippen molar-refractivity contribution in [3.05, 3.63) is 65.4 Å². The van der Waals surface area contributed by atoms with E-state index in [1.807, 2.05) is 0 Å². The molecular weight excluding hydrogens is 479 g/mol. The number of hydrogen-bond acceptors (Lipinski definition) is 8. The first kappa shape index (κ1) is 23.3. The highest BCUT2D eigenvalue weighted by Crippen LogP contribution is 2.25. The molecule has 0 saturated carbocycles. The molecule has 36 heavy (non-hydrogen) atoms. The Labute approximate surface area is 202 Å². The lowest BCUT2D eigenvalue weighted by Gasteiger charge is -2.34. The number of rotatable bonds is 5. The number of aromatic nitrogens is 4. The number of carbonyl (C=O) groups is 2. The van der Waals surface area contributed by atoms with Gasteiger partial charge in [0.15, 0.2) is 11.6 Å². The molecule has 14 heteroatoms. The molecule has 5 rings (SSSR count). The van der Waals surface area contributed by atoms with Gasteiger partial charge in [-0.15, -0.1) is 0 Å². The molecule has 0 unspecified atom stereocenters. The van der Waals surface area contributed by atoms with Crippen molar-refractivity contribution in [3.8, 4) is 5.82 Å². The summed E-state index contributed by atoms with van der Waals surface area (Å²) in [6, 6.07) is 2.69. The van der Waals surface area contributed by atoms with Gasteiger partial charge in [-0.3, -0.25) is 9.59 Å². The lowest BCUT2D eigenvalue weighted by atomic mass is 10.0. The molecule has 0 radical (unpaired) electrons. The van der Waals surface area contributed by atoms with Crippen LogP contribution in [0.25, 0.3) is 5.82 Å². The van der Waals surface area contributed by atoms with Crippen LogP contribution >= 0.6 is 0 Å². The zero-order valence-corrected chi connectivity index (χ0v) is 18.7. The molecule has 186 valence electrons. The number of hydrogen-bond donors (Lipinski definition) is 2. The Hall–Kier alpha value is -4.49. The number of hydrazone groups is 1. The summed E-state index contributed by atoms with van der Waals surface area (Å²) in [4.78, 5) is 35.9. The van der Waals surface area contributed by atoms with Gasteiger partial charge >= 0.3 is 0 Å². The highest BCUT2D eigenvalue weighted by Gasteiger charge is 2.31.